The predicted molar refractivity (Wildman–Crippen MR) is 158 cm³/mol. The van der Waals surface area contributed by atoms with E-state index in [1.807, 2.05) is 42.5 Å². The Kier molecular flexibility index (Phi) is 8.29. The van der Waals surface area contributed by atoms with Crippen molar-refractivity contribution in [1.82, 2.24) is 0 Å². The number of aryl methyl sites for hydroxylation is 2. The summed E-state index contributed by atoms with van der Waals surface area (Å²) in [5, 5.41) is 0.471. The van der Waals surface area contributed by atoms with Gasteiger partial charge in [-0.05, 0) is 0 Å². The quantitative estimate of drug-likeness (QED) is 0.127. The van der Waals surface area contributed by atoms with Crippen LogP contribution < -0.4 is 14.7 Å². The summed E-state index contributed by atoms with van der Waals surface area (Å²) in [4.78, 5) is 13.9. The van der Waals surface area contributed by atoms with Crippen molar-refractivity contribution in [3.8, 4) is 22.8 Å². The van der Waals surface area contributed by atoms with Crippen LogP contribution in [0.1, 0.15) is 11.1 Å². The zero-order valence-electron chi connectivity index (χ0n) is 21.2. The molecule has 4 nitrogen and oxygen atoms in total. The molecule has 0 saturated heterocycles. The van der Waals surface area contributed by atoms with Crippen LogP contribution in [0.5, 0.6) is 11.5 Å². The van der Waals surface area contributed by atoms with Crippen LogP contribution in [0.15, 0.2) is 118 Å². The molecule has 1 aromatic heterocycles. The molecule has 1 heterocycles. The maximum atomic E-state index is 13.9. The molecule has 0 bridgehead atoms. The van der Waals surface area contributed by atoms with Crippen LogP contribution in [0.4, 0.5) is 0 Å². The molecule has 0 saturated carbocycles. The van der Waals surface area contributed by atoms with E-state index < -0.39 is 5.74 Å². The van der Waals surface area contributed by atoms with Gasteiger partial charge in [0.15, 0.2) is 0 Å². The normalized spacial score (nSPS) is 11.4. The third kappa shape index (κ3) is 6.19. The van der Waals surface area contributed by atoms with Gasteiger partial charge in [0, 0.05) is 0 Å². The van der Waals surface area contributed by atoms with Gasteiger partial charge in [-0.1, -0.05) is 0 Å². The van der Waals surface area contributed by atoms with E-state index >= 15 is 0 Å². The van der Waals surface area contributed by atoms with Gasteiger partial charge >= 0.3 is 231 Å². The van der Waals surface area contributed by atoms with Gasteiger partial charge in [-0.25, -0.2) is 0 Å². The first-order valence-electron chi connectivity index (χ1n) is 12.6. The summed E-state index contributed by atoms with van der Waals surface area (Å²) < 4.78 is 18.6. The van der Waals surface area contributed by atoms with E-state index in [2.05, 4.69) is 63.6 Å². The first kappa shape index (κ1) is 26.3. The van der Waals surface area contributed by atoms with Gasteiger partial charge in [0.25, 0.3) is 0 Å². The Labute approximate surface area is 230 Å². The van der Waals surface area contributed by atoms with E-state index in [0.717, 1.165) is 30.7 Å². The third-order valence-electron chi connectivity index (χ3n) is 6.52. The Morgan fingerprint density at radius 2 is 1.32 bits per heavy atom. The number of fused-ring (bicyclic) bond motifs is 1. The third-order valence-corrected chi connectivity index (χ3v) is 11.6. The topological polar surface area (TPSA) is 48.7 Å². The minimum atomic E-state index is -2.20. The van der Waals surface area contributed by atoms with Crippen molar-refractivity contribution in [3.05, 3.63) is 131 Å². The molecule has 0 aliphatic rings. The van der Waals surface area contributed by atoms with Gasteiger partial charge in [-0.3, -0.25) is 0 Å². The van der Waals surface area contributed by atoms with Gasteiger partial charge in [0.05, 0.1) is 0 Å². The molecule has 0 N–H and O–H groups in total. The summed E-state index contributed by atoms with van der Waals surface area (Å²) in [6, 6.07) is 35.7. The second-order valence-corrected chi connectivity index (χ2v) is 16.0. The zero-order chi connectivity index (χ0) is 26.4. The number of hydrogen-bond acceptors (Lipinski definition) is 4. The van der Waals surface area contributed by atoms with Gasteiger partial charge < -0.3 is 0 Å². The molecule has 5 rings (SSSR count). The van der Waals surface area contributed by atoms with E-state index in [1.54, 1.807) is 25.3 Å². The number of hydrogen-bond donors (Lipinski definition) is 0. The van der Waals surface area contributed by atoms with E-state index in [0.29, 0.717) is 22.5 Å². The van der Waals surface area contributed by atoms with Crippen molar-refractivity contribution in [3.63, 3.8) is 0 Å². The number of benzene rings is 4. The Morgan fingerprint density at radius 3 is 1.87 bits per heavy atom. The number of ether oxygens (including phenoxy) is 1. The van der Waals surface area contributed by atoms with Crippen LogP contribution in [0.2, 0.25) is 0 Å². The predicted octanol–water partition coefficient (Wildman–Crippen LogP) is 7.35. The molecule has 0 aliphatic heterocycles. The first-order chi connectivity index (χ1) is 18.5. The number of methoxy groups -OCH3 is 1. The molecular formula is C32H29O4PSe. The molecule has 5 aromatic rings. The number of rotatable bonds is 10. The molecule has 0 radical (unpaired) electrons. The van der Waals surface area contributed by atoms with Gasteiger partial charge in [-0.15, -0.1) is 0 Å². The molecule has 38 heavy (non-hydrogen) atoms. The monoisotopic (exact) mass is 588 g/mol. The fourth-order valence-electron chi connectivity index (χ4n) is 4.40. The summed E-state index contributed by atoms with van der Waals surface area (Å²) in [6.45, 7) is 0. The van der Waals surface area contributed by atoms with E-state index in [9.17, 15) is 4.79 Å². The average Bonchev–Trinajstić information content (AvgIpc) is 2.98. The maximum absolute atomic E-state index is 13.9. The Hall–Kier alpha value is -3.36. The van der Waals surface area contributed by atoms with Crippen LogP contribution in [0.25, 0.3) is 22.3 Å². The molecule has 6 heteroatoms. The molecule has 0 unspecified atom stereocenters. The molecule has 0 aliphatic carbocycles. The SMILES string of the molecule is COc1ccc2c(=O)c(OP(=[Se])(CCc3ccccc3)CCc3ccccc3)c(-c3ccccc3)oc2c1. The van der Waals surface area contributed by atoms with Crippen molar-refractivity contribution in [1.29, 1.82) is 0 Å². The molecule has 0 fully saturated rings. The van der Waals surface area contributed by atoms with E-state index in [4.69, 9.17) is 13.7 Å². The van der Waals surface area contributed by atoms with Crippen molar-refractivity contribution >= 4 is 31.8 Å². The fraction of sp³-hybridized carbons (Fsp3) is 0.156. The Morgan fingerprint density at radius 1 is 0.763 bits per heavy atom. The van der Waals surface area contributed by atoms with Crippen LogP contribution in [0, 0.1) is 0 Å². The molecular weight excluding hydrogens is 558 g/mol. The first-order valence-corrected chi connectivity index (χ1v) is 16.9. The summed E-state index contributed by atoms with van der Waals surface area (Å²) in [6.07, 6.45) is 3.32. The van der Waals surface area contributed by atoms with E-state index in [-0.39, 0.29) is 11.2 Å². The second-order valence-electron chi connectivity index (χ2n) is 9.14. The Bertz CT molecular complexity index is 1570. The zero-order valence-corrected chi connectivity index (χ0v) is 23.8. The van der Waals surface area contributed by atoms with Crippen LogP contribution in [-0.2, 0) is 12.8 Å². The second kappa shape index (κ2) is 12.0. The summed E-state index contributed by atoms with van der Waals surface area (Å²) >= 11 is 3.44. The molecule has 0 atom stereocenters. The molecule has 192 valence electrons. The van der Waals surface area contributed by atoms with Crippen LogP contribution in [-0.4, -0.2) is 34.5 Å². The summed E-state index contributed by atoms with van der Waals surface area (Å²) in [7, 11) is 1.60. The Balaban J connectivity index is 1.58. The summed E-state index contributed by atoms with van der Waals surface area (Å²) in [5.41, 5.74) is 1.38. The minimum absolute atomic E-state index is 0.174. The van der Waals surface area contributed by atoms with Crippen molar-refractivity contribution in [2.45, 2.75) is 12.8 Å². The van der Waals surface area contributed by atoms with Crippen molar-refractivity contribution in [2.24, 2.45) is 0 Å². The molecule has 4 aromatic carbocycles. The van der Waals surface area contributed by atoms with Gasteiger partial charge in [0.1, 0.15) is 0 Å². The van der Waals surface area contributed by atoms with Crippen LogP contribution in [0.3, 0.4) is 0 Å². The van der Waals surface area contributed by atoms with E-state index in [1.165, 1.54) is 11.1 Å². The standard InChI is InChI=1S/C32H29O4PSe/c1-34-27-17-18-28-29(23-27)35-31(26-15-9-4-10-16-26)32(30(28)33)36-37(38,21-19-24-11-5-2-6-12-24)22-20-25-13-7-3-8-14-25/h2-18,23H,19-22H2,1H3. The molecule has 0 amide bonds. The van der Waals surface area contributed by atoms with Crippen molar-refractivity contribution < 1.29 is 13.7 Å². The average molecular weight is 588 g/mol. The summed E-state index contributed by atoms with van der Waals surface area (Å²) in [5.74, 6) is 1.34. The van der Waals surface area contributed by atoms with Crippen LogP contribution >= 0.6 is 5.74 Å². The van der Waals surface area contributed by atoms with Gasteiger partial charge in [-0.2, -0.15) is 0 Å². The van der Waals surface area contributed by atoms with Crippen molar-refractivity contribution in [2.75, 3.05) is 19.4 Å². The fourth-order valence-corrected chi connectivity index (χ4v) is 8.12. The van der Waals surface area contributed by atoms with Gasteiger partial charge in [0.2, 0.25) is 0 Å². The molecule has 0 spiro atoms.